The summed E-state index contributed by atoms with van der Waals surface area (Å²) in [6, 6.07) is 18.9. The zero-order valence-corrected chi connectivity index (χ0v) is 20.9. The second-order valence-corrected chi connectivity index (χ2v) is 9.10. The number of hydrogen-bond acceptors (Lipinski definition) is 5. The van der Waals surface area contributed by atoms with E-state index in [4.69, 9.17) is 25.5 Å². The number of ether oxygens (including phenoxy) is 2. The van der Waals surface area contributed by atoms with Crippen LogP contribution in [0.5, 0.6) is 11.5 Å². The number of nitrogens with zero attached hydrogens (tertiary/aromatic N) is 1. The van der Waals surface area contributed by atoms with Gasteiger partial charge in [-0.2, -0.15) is 0 Å². The molecule has 1 aromatic heterocycles. The van der Waals surface area contributed by atoms with Gasteiger partial charge in [-0.05, 0) is 54.4 Å². The van der Waals surface area contributed by atoms with Gasteiger partial charge in [0.2, 0.25) is 5.76 Å². The van der Waals surface area contributed by atoms with E-state index in [0.29, 0.717) is 45.3 Å². The lowest BCUT2D eigenvalue weighted by molar-refractivity contribution is 0.0971. The van der Waals surface area contributed by atoms with Crippen LogP contribution in [-0.2, 0) is 0 Å². The van der Waals surface area contributed by atoms with E-state index in [-0.39, 0.29) is 11.2 Å². The van der Waals surface area contributed by atoms with Gasteiger partial charge in [-0.15, -0.1) is 0 Å². The van der Waals surface area contributed by atoms with Gasteiger partial charge in [0.25, 0.3) is 5.91 Å². The summed E-state index contributed by atoms with van der Waals surface area (Å²) in [5.74, 6) is 0.796. The summed E-state index contributed by atoms with van der Waals surface area (Å²) in [6.45, 7) is 2.74. The number of amides is 1. The Bertz CT molecular complexity index is 1500. The molecular formula is C29H26ClNO5. The third-order valence-electron chi connectivity index (χ3n) is 6.38. The maximum Gasteiger partial charge on any atom is 0.295 e. The number of rotatable bonds is 8. The van der Waals surface area contributed by atoms with Crippen LogP contribution in [0.25, 0.3) is 11.0 Å². The van der Waals surface area contributed by atoms with Crippen molar-refractivity contribution in [2.24, 2.45) is 0 Å². The van der Waals surface area contributed by atoms with Crippen molar-refractivity contribution in [1.29, 1.82) is 0 Å². The molecule has 0 N–H and O–H groups in total. The smallest absolute Gasteiger partial charge is 0.295 e. The molecule has 184 valence electrons. The molecule has 1 unspecified atom stereocenters. The fourth-order valence-corrected chi connectivity index (χ4v) is 4.87. The van der Waals surface area contributed by atoms with E-state index in [0.717, 1.165) is 24.8 Å². The van der Waals surface area contributed by atoms with Gasteiger partial charge < -0.3 is 13.9 Å². The van der Waals surface area contributed by atoms with Crippen molar-refractivity contribution in [2.75, 3.05) is 18.6 Å². The maximum absolute atomic E-state index is 13.8. The van der Waals surface area contributed by atoms with Crippen LogP contribution >= 0.6 is 11.6 Å². The predicted octanol–water partition coefficient (Wildman–Crippen LogP) is 6.77. The van der Waals surface area contributed by atoms with Gasteiger partial charge in [-0.3, -0.25) is 14.5 Å². The topological polar surface area (TPSA) is 69.0 Å². The van der Waals surface area contributed by atoms with Crippen LogP contribution in [0.1, 0.15) is 53.9 Å². The lowest BCUT2D eigenvalue weighted by Gasteiger charge is -2.26. The van der Waals surface area contributed by atoms with Gasteiger partial charge in [0.1, 0.15) is 17.1 Å². The fraction of sp³-hybridized carbons (Fsp3) is 0.241. The molecule has 0 bridgehead atoms. The van der Waals surface area contributed by atoms with Crippen molar-refractivity contribution in [2.45, 2.75) is 32.2 Å². The Hall–Kier alpha value is -3.77. The molecule has 5 rings (SSSR count). The number of methoxy groups -OCH3 is 1. The molecule has 0 saturated carbocycles. The molecule has 0 aliphatic carbocycles. The van der Waals surface area contributed by atoms with Crippen LogP contribution in [0.3, 0.4) is 0 Å². The van der Waals surface area contributed by atoms with Crippen LogP contribution in [0.15, 0.2) is 75.9 Å². The number of carbonyl (C=O) groups excluding carboxylic acids is 1. The number of hydrogen-bond donors (Lipinski definition) is 0. The van der Waals surface area contributed by atoms with Crippen LogP contribution in [-0.4, -0.2) is 19.6 Å². The van der Waals surface area contributed by atoms with E-state index in [9.17, 15) is 9.59 Å². The average Bonchev–Trinajstić information content (AvgIpc) is 3.19. The third-order valence-corrected chi connectivity index (χ3v) is 6.68. The zero-order valence-electron chi connectivity index (χ0n) is 20.1. The summed E-state index contributed by atoms with van der Waals surface area (Å²) in [6.07, 6.45) is 3.15. The number of carbonyl (C=O) groups is 1. The van der Waals surface area contributed by atoms with E-state index in [1.807, 2.05) is 24.3 Å². The highest BCUT2D eigenvalue weighted by atomic mass is 35.5. The van der Waals surface area contributed by atoms with Gasteiger partial charge in [0.15, 0.2) is 5.43 Å². The molecular weight excluding hydrogens is 478 g/mol. The minimum absolute atomic E-state index is 0.0323. The lowest BCUT2D eigenvalue weighted by Crippen LogP contribution is -2.29. The molecule has 36 heavy (non-hydrogen) atoms. The second-order valence-electron chi connectivity index (χ2n) is 8.69. The normalized spacial score (nSPS) is 14.8. The summed E-state index contributed by atoms with van der Waals surface area (Å²) in [5.41, 5.74) is 1.70. The van der Waals surface area contributed by atoms with E-state index in [1.165, 1.54) is 7.11 Å². The first-order chi connectivity index (χ1) is 17.5. The van der Waals surface area contributed by atoms with Crippen molar-refractivity contribution in [3.8, 4) is 11.5 Å². The van der Waals surface area contributed by atoms with Crippen molar-refractivity contribution in [3.05, 3.63) is 98.9 Å². The number of fused-ring (bicyclic) bond motifs is 2. The van der Waals surface area contributed by atoms with E-state index < -0.39 is 11.9 Å². The van der Waals surface area contributed by atoms with Gasteiger partial charge >= 0.3 is 0 Å². The molecule has 1 amide bonds. The molecule has 0 radical (unpaired) electrons. The maximum atomic E-state index is 13.8. The SMILES string of the molecule is CCCCCOc1cccc(C2c3c(oc4ccccc4c3=O)C(=O)N2c2ccc(OC)c(Cl)c2)c1. The monoisotopic (exact) mass is 503 g/mol. The van der Waals surface area contributed by atoms with Gasteiger partial charge in [0.05, 0.1) is 35.7 Å². The number of unbranched alkanes of at least 4 members (excludes halogenated alkanes) is 2. The molecule has 0 fully saturated rings. The summed E-state index contributed by atoms with van der Waals surface area (Å²) in [7, 11) is 1.53. The van der Waals surface area contributed by atoms with Crippen LogP contribution in [0, 0.1) is 0 Å². The minimum Gasteiger partial charge on any atom is -0.495 e. The Balaban J connectivity index is 1.66. The standard InChI is InChI=1S/C29H26ClNO5/c1-3-4-7-15-35-20-10-8-9-18(16-20)26-25-27(32)21-11-5-6-12-23(21)36-28(25)29(33)31(26)19-13-14-24(34-2)22(30)17-19/h5-6,8-14,16-17,26H,3-4,7,15H2,1-2H3. The molecule has 6 nitrogen and oxygen atoms in total. The molecule has 7 heteroatoms. The van der Waals surface area contributed by atoms with Gasteiger partial charge in [-0.1, -0.05) is 55.6 Å². The summed E-state index contributed by atoms with van der Waals surface area (Å²) < 4.78 is 17.3. The van der Waals surface area contributed by atoms with Crippen LogP contribution in [0.4, 0.5) is 5.69 Å². The van der Waals surface area contributed by atoms with Crippen LogP contribution < -0.4 is 19.8 Å². The highest BCUT2D eigenvalue weighted by Gasteiger charge is 2.44. The lowest BCUT2D eigenvalue weighted by atomic mass is 9.98. The third kappa shape index (κ3) is 4.22. The quantitative estimate of drug-likeness (QED) is 0.248. The van der Waals surface area contributed by atoms with Crippen molar-refractivity contribution in [3.63, 3.8) is 0 Å². The summed E-state index contributed by atoms with van der Waals surface area (Å²) in [5, 5.41) is 0.783. The molecule has 2 heterocycles. The summed E-state index contributed by atoms with van der Waals surface area (Å²) >= 11 is 6.42. The zero-order chi connectivity index (χ0) is 25.2. The van der Waals surface area contributed by atoms with E-state index in [2.05, 4.69) is 6.92 Å². The molecule has 1 atom stereocenters. The van der Waals surface area contributed by atoms with Gasteiger partial charge in [-0.25, -0.2) is 0 Å². The second kappa shape index (κ2) is 10.1. The van der Waals surface area contributed by atoms with Crippen molar-refractivity contribution >= 4 is 34.2 Å². The highest BCUT2D eigenvalue weighted by Crippen LogP contribution is 2.43. The molecule has 1 aliphatic heterocycles. The number of benzene rings is 3. The highest BCUT2D eigenvalue weighted by molar-refractivity contribution is 6.32. The van der Waals surface area contributed by atoms with Crippen LogP contribution in [0.2, 0.25) is 5.02 Å². The first kappa shape index (κ1) is 23.9. The predicted molar refractivity (Wildman–Crippen MR) is 141 cm³/mol. The Kier molecular flexibility index (Phi) is 6.70. The molecule has 4 aromatic rings. The summed E-state index contributed by atoms with van der Waals surface area (Å²) in [4.78, 5) is 29.0. The van der Waals surface area contributed by atoms with Crippen molar-refractivity contribution in [1.82, 2.24) is 0 Å². The molecule has 3 aromatic carbocycles. The van der Waals surface area contributed by atoms with E-state index >= 15 is 0 Å². The largest absolute Gasteiger partial charge is 0.495 e. The average molecular weight is 504 g/mol. The first-order valence-electron chi connectivity index (χ1n) is 12.0. The first-order valence-corrected chi connectivity index (χ1v) is 12.4. The molecule has 0 saturated heterocycles. The Morgan fingerprint density at radius 2 is 1.83 bits per heavy atom. The number of para-hydroxylation sites is 1. The number of halogens is 1. The Morgan fingerprint density at radius 1 is 1.00 bits per heavy atom. The van der Waals surface area contributed by atoms with E-state index in [1.54, 1.807) is 47.4 Å². The minimum atomic E-state index is -0.711. The molecule has 1 aliphatic rings. The fourth-order valence-electron chi connectivity index (χ4n) is 4.62. The van der Waals surface area contributed by atoms with Crippen molar-refractivity contribution < 1.29 is 18.7 Å². The molecule has 0 spiro atoms. The van der Waals surface area contributed by atoms with Gasteiger partial charge in [0, 0.05) is 5.69 Å². The Morgan fingerprint density at radius 3 is 2.61 bits per heavy atom. The number of anilines is 1. The Labute approximate surface area is 214 Å².